The Morgan fingerprint density at radius 2 is 1.38 bits per heavy atom. The molecule has 6 rings (SSSR count). The van der Waals surface area contributed by atoms with Crippen molar-refractivity contribution in [3.05, 3.63) is 124 Å². The molecule has 13 heteroatoms. The lowest BCUT2D eigenvalue weighted by atomic mass is 10.1. The predicted octanol–water partition coefficient (Wildman–Crippen LogP) is 4.39. The van der Waals surface area contributed by atoms with Crippen LogP contribution in [0.5, 0.6) is 0 Å². The smallest absolute Gasteiger partial charge is 0.338 e. The second kappa shape index (κ2) is 14.3. The van der Waals surface area contributed by atoms with E-state index in [0.29, 0.717) is 12.1 Å². The highest BCUT2D eigenvalue weighted by atomic mass is 16.7. The molecular weight excluding hydrogens is 618 g/mol. The molecule has 1 saturated heterocycles. The third-order valence-corrected chi connectivity index (χ3v) is 7.56. The fraction of sp³-hybridized carbons (Fsp3) is 0.257. The maximum absolute atomic E-state index is 13.5. The molecular formula is C35H33N5O8. The van der Waals surface area contributed by atoms with Crippen LogP contribution in [0.4, 0.5) is 5.95 Å². The number of aromatic nitrogens is 4. The first-order chi connectivity index (χ1) is 23.3. The molecule has 13 nitrogen and oxygen atoms in total. The Balaban J connectivity index is 1.39. The van der Waals surface area contributed by atoms with Gasteiger partial charge in [-0.2, -0.15) is 4.98 Å². The van der Waals surface area contributed by atoms with Gasteiger partial charge in [0.1, 0.15) is 12.7 Å². The second-order valence-electron chi connectivity index (χ2n) is 11.5. The molecule has 2 N–H and O–H groups in total. The quantitative estimate of drug-likeness (QED) is 0.154. The highest BCUT2D eigenvalue weighted by molar-refractivity contribution is 5.91. The second-order valence-corrected chi connectivity index (χ2v) is 11.5. The van der Waals surface area contributed by atoms with E-state index in [-0.39, 0.29) is 40.8 Å². The van der Waals surface area contributed by atoms with Crippen LogP contribution in [-0.2, 0) is 18.9 Å². The number of hydrogen-bond acceptors (Lipinski definition) is 11. The number of hydrogen-bond donors (Lipinski definition) is 2. The minimum absolute atomic E-state index is 0.0126. The summed E-state index contributed by atoms with van der Waals surface area (Å²) in [5.74, 6) is -1.59. The van der Waals surface area contributed by atoms with E-state index < -0.39 is 48.0 Å². The van der Waals surface area contributed by atoms with Crippen molar-refractivity contribution < 1.29 is 33.3 Å². The zero-order chi connectivity index (χ0) is 33.6. The monoisotopic (exact) mass is 651 g/mol. The van der Waals surface area contributed by atoms with Crippen LogP contribution >= 0.6 is 0 Å². The number of anilines is 1. The highest BCUT2D eigenvalue weighted by Crippen LogP contribution is 2.36. The average Bonchev–Trinajstić information content (AvgIpc) is 3.68. The van der Waals surface area contributed by atoms with Gasteiger partial charge in [-0.05, 0) is 42.3 Å². The fourth-order valence-electron chi connectivity index (χ4n) is 5.18. The lowest BCUT2D eigenvalue weighted by Crippen LogP contribution is -2.41. The maximum Gasteiger partial charge on any atom is 0.338 e. The lowest BCUT2D eigenvalue weighted by Gasteiger charge is -2.25. The molecule has 0 unspecified atom stereocenters. The van der Waals surface area contributed by atoms with Crippen LogP contribution < -0.4 is 10.9 Å². The van der Waals surface area contributed by atoms with E-state index in [2.05, 4.69) is 20.3 Å². The van der Waals surface area contributed by atoms with Crippen molar-refractivity contribution in [3.63, 3.8) is 0 Å². The SMILES string of the molecule is CC(C)CNc1nc2c(ncn2[C@@H]2O[C@H](COC(=O)c3ccccc3)[C@@H](OC(=O)c3ccccc3)[C@H]2OC(=O)c2ccccc2)c(=O)[nH]1. The zero-order valence-electron chi connectivity index (χ0n) is 26.1. The number of aromatic amines is 1. The summed E-state index contributed by atoms with van der Waals surface area (Å²) in [4.78, 5) is 64.3. The third kappa shape index (κ3) is 7.10. The molecule has 0 radical (unpaired) electrons. The van der Waals surface area contributed by atoms with Gasteiger partial charge in [-0.1, -0.05) is 68.4 Å². The number of nitrogens with zero attached hydrogens (tertiary/aromatic N) is 3. The van der Waals surface area contributed by atoms with Crippen molar-refractivity contribution in [2.45, 2.75) is 38.4 Å². The minimum atomic E-state index is -1.30. The molecule has 1 fully saturated rings. The van der Waals surface area contributed by atoms with Crippen molar-refractivity contribution in [1.29, 1.82) is 0 Å². The Morgan fingerprint density at radius 1 is 0.833 bits per heavy atom. The van der Waals surface area contributed by atoms with Crippen LogP contribution in [0.15, 0.2) is 102 Å². The van der Waals surface area contributed by atoms with Gasteiger partial charge >= 0.3 is 17.9 Å². The van der Waals surface area contributed by atoms with Gasteiger partial charge < -0.3 is 24.3 Å². The van der Waals surface area contributed by atoms with Crippen LogP contribution in [0.25, 0.3) is 11.2 Å². The number of rotatable bonds is 11. The number of benzene rings is 3. The van der Waals surface area contributed by atoms with E-state index in [0.717, 1.165) is 0 Å². The molecule has 3 aromatic carbocycles. The molecule has 0 spiro atoms. The van der Waals surface area contributed by atoms with Crippen molar-refractivity contribution in [2.24, 2.45) is 5.92 Å². The molecule has 0 aliphatic carbocycles. The Morgan fingerprint density at radius 3 is 1.94 bits per heavy atom. The first kappa shape index (κ1) is 32.1. The van der Waals surface area contributed by atoms with Gasteiger partial charge in [-0.15, -0.1) is 0 Å². The molecule has 0 amide bonds. The number of fused-ring (bicyclic) bond motifs is 1. The molecule has 3 heterocycles. The Hall–Kier alpha value is -5.82. The fourth-order valence-corrected chi connectivity index (χ4v) is 5.18. The molecule has 1 aliphatic rings. The van der Waals surface area contributed by atoms with E-state index in [1.54, 1.807) is 91.0 Å². The highest BCUT2D eigenvalue weighted by Gasteiger charge is 2.52. The Bertz CT molecular complexity index is 1950. The molecule has 1 aliphatic heterocycles. The van der Waals surface area contributed by atoms with Crippen LogP contribution in [0.1, 0.15) is 51.1 Å². The molecule has 0 bridgehead atoms. The van der Waals surface area contributed by atoms with E-state index in [1.165, 1.54) is 10.9 Å². The van der Waals surface area contributed by atoms with Gasteiger partial charge in [0.25, 0.3) is 5.56 Å². The van der Waals surface area contributed by atoms with E-state index in [1.807, 2.05) is 13.8 Å². The number of H-pyrrole nitrogens is 1. The Labute approximate surface area is 274 Å². The largest absolute Gasteiger partial charge is 0.459 e. The van der Waals surface area contributed by atoms with Crippen LogP contribution in [0, 0.1) is 5.92 Å². The van der Waals surface area contributed by atoms with E-state index >= 15 is 0 Å². The van der Waals surface area contributed by atoms with Crippen LogP contribution in [0.3, 0.4) is 0 Å². The maximum atomic E-state index is 13.5. The summed E-state index contributed by atoms with van der Waals surface area (Å²) in [7, 11) is 0. The molecule has 5 aromatic rings. The Kier molecular flexibility index (Phi) is 9.57. The molecule has 246 valence electrons. The number of esters is 3. The molecule has 2 aromatic heterocycles. The first-order valence-corrected chi connectivity index (χ1v) is 15.4. The molecule has 0 saturated carbocycles. The summed E-state index contributed by atoms with van der Waals surface area (Å²) in [6.07, 6.45) is -3.54. The van der Waals surface area contributed by atoms with Gasteiger partial charge in [0.15, 0.2) is 29.6 Å². The third-order valence-electron chi connectivity index (χ3n) is 7.56. The van der Waals surface area contributed by atoms with Crippen LogP contribution in [-0.4, -0.2) is 68.9 Å². The standard InChI is InChI=1S/C35H33N5O8/c1-21(2)18-36-35-38-29-26(30(41)39-35)37-20-40(29)31-28(48-34(44)24-16-10-5-11-17-24)27(47-33(43)23-14-8-4-9-15-23)25(46-31)19-45-32(42)22-12-6-3-7-13-22/h3-17,20-21,25,27-28,31H,18-19H2,1-2H3,(H2,36,38,39,41)/t25-,27-,28-,31-/m1/s1. The zero-order valence-corrected chi connectivity index (χ0v) is 26.1. The normalized spacial score (nSPS) is 18.8. The van der Waals surface area contributed by atoms with Crippen molar-refractivity contribution in [3.8, 4) is 0 Å². The number of carbonyl (C=O) groups excluding carboxylic acids is 3. The number of ether oxygens (including phenoxy) is 4. The topological polar surface area (TPSA) is 164 Å². The summed E-state index contributed by atoms with van der Waals surface area (Å²) in [5, 5.41) is 3.10. The van der Waals surface area contributed by atoms with Gasteiger partial charge in [0.2, 0.25) is 5.95 Å². The summed E-state index contributed by atoms with van der Waals surface area (Å²) in [6, 6.07) is 24.9. The number of nitrogens with one attached hydrogen (secondary N) is 2. The average molecular weight is 652 g/mol. The summed E-state index contributed by atoms with van der Waals surface area (Å²) >= 11 is 0. The van der Waals surface area contributed by atoms with E-state index in [9.17, 15) is 19.2 Å². The van der Waals surface area contributed by atoms with Crippen molar-refractivity contribution >= 4 is 35.0 Å². The van der Waals surface area contributed by atoms with Gasteiger partial charge in [-0.25, -0.2) is 19.4 Å². The van der Waals surface area contributed by atoms with Gasteiger partial charge in [0, 0.05) is 6.54 Å². The molecule has 4 atom stereocenters. The lowest BCUT2D eigenvalue weighted by molar-refractivity contribution is -0.0606. The number of carbonyl (C=O) groups is 3. The van der Waals surface area contributed by atoms with Crippen molar-refractivity contribution in [2.75, 3.05) is 18.5 Å². The summed E-state index contributed by atoms with van der Waals surface area (Å²) < 4.78 is 25.5. The van der Waals surface area contributed by atoms with Crippen LogP contribution in [0.2, 0.25) is 0 Å². The predicted molar refractivity (Wildman–Crippen MR) is 173 cm³/mol. The van der Waals surface area contributed by atoms with E-state index in [4.69, 9.17) is 18.9 Å². The summed E-state index contributed by atoms with van der Waals surface area (Å²) in [6.45, 7) is 4.19. The number of imidazole rings is 1. The van der Waals surface area contributed by atoms with Gasteiger partial charge in [0.05, 0.1) is 23.0 Å². The minimum Gasteiger partial charge on any atom is -0.459 e. The summed E-state index contributed by atoms with van der Waals surface area (Å²) in [5.41, 5.74) is 0.443. The van der Waals surface area contributed by atoms with Gasteiger partial charge in [-0.3, -0.25) is 14.3 Å². The molecule has 48 heavy (non-hydrogen) atoms. The first-order valence-electron chi connectivity index (χ1n) is 15.4. The van der Waals surface area contributed by atoms with Crippen molar-refractivity contribution in [1.82, 2.24) is 19.5 Å².